The fourth-order valence-electron chi connectivity index (χ4n) is 1.52. The quantitative estimate of drug-likeness (QED) is 0.234. The Labute approximate surface area is 117 Å². The highest BCUT2D eigenvalue weighted by Gasteiger charge is 2.33. The maximum atomic E-state index is 11.6. The Bertz CT molecular complexity index is 373. The van der Waals surface area contributed by atoms with Crippen LogP contribution >= 0.6 is 0 Å². The Kier molecular flexibility index (Phi) is 7.34. The zero-order valence-electron chi connectivity index (χ0n) is 12.3. The molecule has 1 N–H and O–H groups in total. The molecule has 0 saturated carbocycles. The predicted molar refractivity (Wildman–Crippen MR) is 67.0 cm³/mol. The van der Waals surface area contributed by atoms with E-state index in [0.717, 1.165) is 5.01 Å². The molecule has 116 valence electrons. The lowest BCUT2D eigenvalue weighted by atomic mass is 9.99. The number of hydrogen-bond acceptors (Lipinski definition) is 6. The maximum absolute atomic E-state index is 11.6. The van der Waals surface area contributed by atoms with Crippen molar-refractivity contribution in [2.24, 2.45) is 11.2 Å². The summed E-state index contributed by atoms with van der Waals surface area (Å²) in [5.41, 5.74) is 0. The molecule has 0 aromatic heterocycles. The van der Waals surface area contributed by atoms with Gasteiger partial charge < -0.3 is 15.1 Å². The summed E-state index contributed by atoms with van der Waals surface area (Å²) in [4.78, 5) is 26.5. The van der Waals surface area contributed by atoms with E-state index in [1.54, 1.807) is 6.92 Å². The van der Waals surface area contributed by atoms with Gasteiger partial charge in [-0.1, -0.05) is 20.3 Å². The second-order valence-electron chi connectivity index (χ2n) is 4.36. The summed E-state index contributed by atoms with van der Waals surface area (Å²) < 4.78 is 4.60. The zero-order valence-corrected chi connectivity index (χ0v) is 12.3. The van der Waals surface area contributed by atoms with Crippen molar-refractivity contribution in [3.63, 3.8) is 0 Å². The Balaban J connectivity index is 4.75. The fraction of sp³-hybridized carbons (Fsp3) is 0.818. The zero-order chi connectivity index (χ0) is 15.9. The number of carboxylic acids is 1. The lowest BCUT2D eigenvalue weighted by Gasteiger charge is -2.24. The monoisotopic (exact) mass is 291 g/mol. The van der Waals surface area contributed by atoms with Gasteiger partial charge in [0.15, 0.2) is 6.04 Å². The average molecular weight is 291 g/mol. The van der Waals surface area contributed by atoms with Gasteiger partial charge in [0.05, 0.1) is 12.0 Å². The standard InChI is InChI=1S/C11H21N3O6/c1-6-7(2)10(11(16)17)13(5)14(18)12-20-9(4)19-8(3)15/h7,9-10H,6H2,1-5H3,(H,16,17)/t7-,9?,10+/m1/s1. The van der Waals surface area contributed by atoms with Crippen molar-refractivity contribution in [2.45, 2.75) is 46.4 Å². The molecular formula is C11H21N3O6. The van der Waals surface area contributed by atoms with Crippen molar-refractivity contribution in [2.75, 3.05) is 7.05 Å². The van der Waals surface area contributed by atoms with E-state index in [9.17, 15) is 14.8 Å². The molecule has 0 amide bonds. The molecule has 0 aliphatic rings. The van der Waals surface area contributed by atoms with Gasteiger partial charge in [-0.2, -0.15) is 0 Å². The highest BCUT2D eigenvalue weighted by atomic mass is 16.8. The van der Waals surface area contributed by atoms with Gasteiger partial charge in [-0.15, -0.1) is 5.01 Å². The maximum Gasteiger partial charge on any atom is 0.332 e. The summed E-state index contributed by atoms with van der Waals surface area (Å²) in [6, 6.07) is -1.03. The molecule has 3 atom stereocenters. The van der Waals surface area contributed by atoms with Crippen LogP contribution in [0.25, 0.3) is 0 Å². The second-order valence-corrected chi connectivity index (χ2v) is 4.36. The van der Waals surface area contributed by atoms with E-state index < -0.39 is 24.3 Å². The number of hydrogen-bond donors (Lipinski definition) is 1. The highest BCUT2D eigenvalue weighted by molar-refractivity contribution is 5.73. The van der Waals surface area contributed by atoms with E-state index >= 15 is 0 Å². The third kappa shape index (κ3) is 5.72. The van der Waals surface area contributed by atoms with Gasteiger partial charge in [0, 0.05) is 13.8 Å². The Morgan fingerprint density at radius 3 is 2.40 bits per heavy atom. The third-order valence-corrected chi connectivity index (χ3v) is 2.71. The van der Waals surface area contributed by atoms with Crippen molar-refractivity contribution >= 4 is 11.9 Å². The van der Waals surface area contributed by atoms with E-state index in [4.69, 9.17) is 5.11 Å². The van der Waals surface area contributed by atoms with Crippen LogP contribution in [0.1, 0.15) is 34.1 Å². The lowest BCUT2D eigenvalue weighted by Crippen LogP contribution is -2.46. The predicted octanol–water partition coefficient (Wildman–Crippen LogP) is 1.14. The smallest absolute Gasteiger partial charge is 0.332 e. The minimum absolute atomic E-state index is 0.0188. The molecular weight excluding hydrogens is 270 g/mol. The van der Waals surface area contributed by atoms with Gasteiger partial charge >= 0.3 is 11.9 Å². The normalized spacial score (nSPS) is 15.9. The number of esters is 1. The summed E-state index contributed by atoms with van der Waals surface area (Å²) in [5, 5.41) is 24.8. The van der Waals surface area contributed by atoms with Crippen molar-refractivity contribution in [1.82, 2.24) is 5.01 Å². The van der Waals surface area contributed by atoms with Crippen LogP contribution in [0, 0.1) is 11.1 Å². The summed E-state index contributed by atoms with van der Waals surface area (Å²) in [7, 11) is 1.29. The minimum atomic E-state index is -1.13. The lowest BCUT2D eigenvalue weighted by molar-refractivity contribution is -0.713. The molecule has 0 fully saturated rings. The average Bonchev–Trinajstić information content (AvgIpc) is 2.34. The third-order valence-electron chi connectivity index (χ3n) is 2.71. The summed E-state index contributed by atoms with van der Waals surface area (Å²) >= 11 is 0. The number of carboxylic acid groups (broad SMARTS) is 1. The van der Waals surface area contributed by atoms with Crippen LogP contribution in [-0.2, 0) is 19.2 Å². The van der Waals surface area contributed by atoms with Crippen LogP contribution in [0.5, 0.6) is 0 Å². The molecule has 0 aromatic carbocycles. The van der Waals surface area contributed by atoms with Crippen molar-refractivity contribution in [1.29, 1.82) is 0 Å². The van der Waals surface area contributed by atoms with Crippen molar-refractivity contribution in [3.05, 3.63) is 5.21 Å². The molecule has 0 saturated heterocycles. The number of hydrazine groups is 1. The summed E-state index contributed by atoms with van der Waals surface area (Å²) in [6.07, 6.45) is -0.455. The number of nitrogens with zero attached hydrogens (tertiary/aromatic N) is 3. The number of ether oxygens (including phenoxy) is 1. The molecule has 0 aliphatic carbocycles. The van der Waals surface area contributed by atoms with Gasteiger partial charge in [-0.05, 0) is 5.92 Å². The molecule has 1 unspecified atom stereocenters. The summed E-state index contributed by atoms with van der Waals surface area (Å²) in [5.74, 6) is -1.97. The second kappa shape index (κ2) is 8.18. The van der Waals surface area contributed by atoms with E-state index in [0.29, 0.717) is 6.42 Å². The summed E-state index contributed by atoms with van der Waals surface area (Å²) in [6.45, 7) is 6.10. The molecule has 20 heavy (non-hydrogen) atoms. The molecule has 0 radical (unpaired) electrons. The molecule has 9 nitrogen and oxygen atoms in total. The van der Waals surface area contributed by atoms with Crippen molar-refractivity contribution < 1.29 is 29.2 Å². The van der Waals surface area contributed by atoms with Crippen LogP contribution in [-0.4, -0.2) is 46.4 Å². The van der Waals surface area contributed by atoms with Crippen LogP contribution in [0.15, 0.2) is 5.28 Å². The molecule has 0 bridgehead atoms. The fourth-order valence-corrected chi connectivity index (χ4v) is 1.52. The number of likely N-dealkylation sites (N-methyl/N-ethyl adjacent to an activating group) is 1. The SMILES string of the molecule is CC[C@@H](C)[C@@H](C(=O)O)N(C)[N+]([O-])=NOC(C)OC(C)=O. The Morgan fingerprint density at radius 2 is 2.00 bits per heavy atom. The molecule has 0 rings (SSSR count). The first-order valence-corrected chi connectivity index (χ1v) is 6.17. The number of rotatable bonds is 8. The first-order chi connectivity index (χ1) is 9.20. The number of aliphatic carboxylic acids is 1. The Morgan fingerprint density at radius 1 is 1.45 bits per heavy atom. The van der Waals surface area contributed by atoms with Crippen LogP contribution in [0.4, 0.5) is 0 Å². The topological polar surface area (TPSA) is 114 Å². The molecule has 0 aromatic rings. The van der Waals surface area contributed by atoms with Gasteiger partial charge in [-0.3, -0.25) is 9.63 Å². The first-order valence-electron chi connectivity index (χ1n) is 6.17. The molecule has 0 heterocycles. The van der Waals surface area contributed by atoms with E-state index in [-0.39, 0.29) is 10.9 Å². The number of carbonyl (C=O) groups is 2. The molecule has 0 aliphatic heterocycles. The van der Waals surface area contributed by atoms with Gasteiger partial charge in [0.25, 0.3) is 6.29 Å². The van der Waals surface area contributed by atoms with Crippen LogP contribution < -0.4 is 0 Å². The van der Waals surface area contributed by atoms with Gasteiger partial charge in [-0.25, -0.2) is 4.79 Å². The minimum Gasteiger partial charge on any atom is -0.569 e. The van der Waals surface area contributed by atoms with Gasteiger partial charge in [0.1, 0.15) is 0 Å². The van der Waals surface area contributed by atoms with E-state index in [1.807, 2.05) is 6.92 Å². The Hall–Kier alpha value is -2.06. The molecule has 0 spiro atoms. The van der Waals surface area contributed by atoms with E-state index in [2.05, 4.69) is 14.9 Å². The highest BCUT2D eigenvalue weighted by Crippen LogP contribution is 2.14. The van der Waals surface area contributed by atoms with Crippen LogP contribution in [0.2, 0.25) is 0 Å². The largest absolute Gasteiger partial charge is 0.569 e. The van der Waals surface area contributed by atoms with Crippen LogP contribution in [0.3, 0.4) is 0 Å². The van der Waals surface area contributed by atoms with Crippen molar-refractivity contribution in [3.8, 4) is 0 Å². The molecule has 9 heteroatoms. The van der Waals surface area contributed by atoms with Gasteiger partial charge in [0.2, 0.25) is 5.28 Å². The first kappa shape index (κ1) is 17.9. The van der Waals surface area contributed by atoms with E-state index in [1.165, 1.54) is 20.9 Å². The number of carbonyl (C=O) groups excluding carboxylic acids is 1.